The molecule has 1 aromatic heterocycles. The molecule has 4 heteroatoms. The lowest BCUT2D eigenvalue weighted by atomic mass is 10.3. The number of thioether (sulfide) groups is 1. The van der Waals surface area contributed by atoms with Crippen molar-refractivity contribution in [2.75, 3.05) is 18.1 Å². The SMILES string of the molecule is CC(C)CSCCCNCc1cnn(C)c1. The lowest BCUT2D eigenvalue weighted by Gasteiger charge is -2.05. The second kappa shape index (κ2) is 7.74. The minimum Gasteiger partial charge on any atom is -0.313 e. The van der Waals surface area contributed by atoms with Crippen LogP contribution in [0.2, 0.25) is 0 Å². The number of rotatable bonds is 8. The van der Waals surface area contributed by atoms with Gasteiger partial charge in [0.05, 0.1) is 6.20 Å². The molecule has 0 saturated heterocycles. The maximum atomic E-state index is 4.14. The van der Waals surface area contributed by atoms with Crippen molar-refractivity contribution in [2.45, 2.75) is 26.8 Å². The van der Waals surface area contributed by atoms with Crippen LogP contribution in [0, 0.1) is 5.92 Å². The van der Waals surface area contributed by atoms with Gasteiger partial charge in [-0.3, -0.25) is 4.68 Å². The lowest BCUT2D eigenvalue weighted by molar-refractivity contribution is 0.676. The fraction of sp³-hybridized carbons (Fsp3) is 0.750. The summed E-state index contributed by atoms with van der Waals surface area (Å²) in [6, 6.07) is 0. The summed E-state index contributed by atoms with van der Waals surface area (Å²) in [5, 5.41) is 7.57. The first-order valence-electron chi connectivity index (χ1n) is 5.94. The van der Waals surface area contributed by atoms with Crippen molar-refractivity contribution in [1.82, 2.24) is 15.1 Å². The van der Waals surface area contributed by atoms with Gasteiger partial charge in [-0.15, -0.1) is 0 Å². The van der Waals surface area contributed by atoms with Gasteiger partial charge < -0.3 is 5.32 Å². The zero-order chi connectivity index (χ0) is 11.8. The molecule has 0 saturated carbocycles. The summed E-state index contributed by atoms with van der Waals surface area (Å²) in [4.78, 5) is 0. The predicted molar refractivity (Wildman–Crippen MR) is 71.7 cm³/mol. The van der Waals surface area contributed by atoms with Crippen molar-refractivity contribution in [3.05, 3.63) is 18.0 Å². The van der Waals surface area contributed by atoms with E-state index >= 15 is 0 Å². The molecule has 1 N–H and O–H groups in total. The van der Waals surface area contributed by atoms with E-state index in [2.05, 4.69) is 42.2 Å². The summed E-state index contributed by atoms with van der Waals surface area (Å²) in [5.74, 6) is 3.36. The van der Waals surface area contributed by atoms with Gasteiger partial charge in [0.15, 0.2) is 0 Å². The normalized spacial score (nSPS) is 11.2. The molecule has 0 radical (unpaired) electrons. The first-order valence-corrected chi connectivity index (χ1v) is 7.10. The largest absolute Gasteiger partial charge is 0.313 e. The van der Waals surface area contributed by atoms with Gasteiger partial charge in [-0.25, -0.2) is 0 Å². The molecule has 0 spiro atoms. The molecule has 1 aromatic rings. The van der Waals surface area contributed by atoms with Gasteiger partial charge in [-0.2, -0.15) is 16.9 Å². The van der Waals surface area contributed by atoms with Crippen molar-refractivity contribution in [3.63, 3.8) is 0 Å². The Balaban J connectivity index is 1.92. The summed E-state index contributed by atoms with van der Waals surface area (Å²) < 4.78 is 1.84. The molecule has 92 valence electrons. The van der Waals surface area contributed by atoms with Crippen LogP contribution in [-0.2, 0) is 13.6 Å². The van der Waals surface area contributed by atoms with Crippen molar-refractivity contribution in [3.8, 4) is 0 Å². The zero-order valence-corrected chi connectivity index (χ0v) is 11.4. The van der Waals surface area contributed by atoms with Crippen molar-refractivity contribution < 1.29 is 0 Å². The third-order valence-electron chi connectivity index (χ3n) is 2.18. The number of aryl methyl sites for hydroxylation is 1. The molecule has 1 heterocycles. The first-order chi connectivity index (χ1) is 7.68. The van der Waals surface area contributed by atoms with E-state index in [1.165, 1.54) is 23.5 Å². The molecule has 0 atom stereocenters. The number of hydrogen-bond acceptors (Lipinski definition) is 3. The molecule has 0 fully saturated rings. The van der Waals surface area contributed by atoms with Crippen LogP contribution in [0.4, 0.5) is 0 Å². The fourth-order valence-electron chi connectivity index (χ4n) is 1.41. The first kappa shape index (κ1) is 13.6. The Labute approximate surface area is 103 Å². The molecule has 16 heavy (non-hydrogen) atoms. The minimum atomic E-state index is 0.813. The van der Waals surface area contributed by atoms with Crippen molar-refractivity contribution in [2.24, 2.45) is 13.0 Å². The van der Waals surface area contributed by atoms with Gasteiger partial charge in [0.2, 0.25) is 0 Å². The number of aromatic nitrogens is 2. The predicted octanol–water partition coefficient (Wildman–Crippen LogP) is 2.29. The molecule has 0 aliphatic rings. The van der Waals surface area contributed by atoms with Crippen molar-refractivity contribution in [1.29, 1.82) is 0 Å². The summed E-state index contributed by atoms with van der Waals surface area (Å²) >= 11 is 2.06. The maximum Gasteiger partial charge on any atom is 0.0534 e. The highest BCUT2D eigenvalue weighted by molar-refractivity contribution is 7.99. The topological polar surface area (TPSA) is 29.9 Å². The van der Waals surface area contributed by atoms with E-state index in [-0.39, 0.29) is 0 Å². The maximum absolute atomic E-state index is 4.14. The van der Waals surface area contributed by atoms with Gasteiger partial charge >= 0.3 is 0 Å². The number of nitrogens with zero attached hydrogens (tertiary/aromatic N) is 2. The second-order valence-corrected chi connectivity index (χ2v) is 5.67. The van der Waals surface area contributed by atoms with Crippen LogP contribution in [0.3, 0.4) is 0 Å². The Morgan fingerprint density at radius 3 is 2.94 bits per heavy atom. The monoisotopic (exact) mass is 241 g/mol. The quantitative estimate of drug-likeness (QED) is 0.708. The van der Waals surface area contributed by atoms with Crippen LogP contribution in [0.1, 0.15) is 25.8 Å². The average Bonchev–Trinajstić information content (AvgIpc) is 2.62. The van der Waals surface area contributed by atoms with Crippen LogP contribution in [0.25, 0.3) is 0 Å². The summed E-state index contributed by atoms with van der Waals surface area (Å²) in [7, 11) is 1.95. The lowest BCUT2D eigenvalue weighted by Crippen LogP contribution is -2.15. The van der Waals surface area contributed by atoms with Crippen LogP contribution in [0.5, 0.6) is 0 Å². The van der Waals surface area contributed by atoms with E-state index in [9.17, 15) is 0 Å². The summed E-state index contributed by atoms with van der Waals surface area (Å²) in [6.07, 6.45) is 5.22. The number of nitrogens with one attached hydrogen (secondary N) is 1. The Morgan fingerprint density at radius 1 is 1.50 bits per heavy atom. The van der Waals surface area contributed by atoms with Crippen LogP contribution < -0.4 is 5.32 Å². The molecule has 0 bridgehead atoms. The van der Waals surface area contributed by atoms with E-state index in [0.29, 0.717) is 0 Å². The van der Waals surface area contributed by atoms with Gasteiger partial charge in [0.25, 0.3) is 0 Å². The molecule has 0 amide bonds. The summed E-state index contributed by atoms with van der Waals surface area (Å²) in [6.45, 7) is 6.57. The molecular weight excluding hydrogens is 218 g/mol. The number of hydrogen-bond donors (Lipinski definition) is 1. The molecular formula is C12H23N3S. The van der Waals surface area contributed by atoms with Crippen LogP contribution in [0.15, 0.2) is 12.4 Å². The average molecular weight is 241 g/mol. The molecule has 0 aliphatic carbocycles. The molecule has 1 rings (SSSR count). The minimum absolute atomic E-state index is 0.813. The Kier molecular flexibility index (Phi) is 6.57. The fourth-order valence-corrected chi connectivity index (χ4v) is 2.40. The third-order valence-corrected chi connectivity index (χ3v) is 3.66. The third kappa shape index (κ3) is 6.18. The molecule has 0 aromatic carbocycles. The Hall–Kier alpha value is -0.480. The Morgan fingerprint density at radius 2 is 2.31 bits per heavy atom. The van der Waals surface area contributed by atoms with E-state index in [0.717, 1.165) is 19.0 Å². The van der Waals surface area contributed by atoms with E-state index < -0.39 is 0 Å². The second-order valence-electron chi connectivity index (χ2n) is 4.52. The van der Waals surface area contributed by atoms with Crippen LogP contribution >= 0.6 is 11.8 Å². The highest BCUT2D eigenvalue weighted by atomic mass is 32.2. The Bertz CT molecular complexity index is 284. The molecule has 0 unspecified atom stereocenters. The zero-order valence-electron chi connectivity index (χ0n) is 10.6. The van der Waals surface area contributed by atoms with Gasteiger partial charge in [-0.1, -0.05) is 13.8 Å². The van der Waals surface area contributed by atoms with Gasteiger partial charge in [0.1, 0.15) is 0 Å². The smallest absolute Gasteiger partial charge is 0.0534 e. The van der Waals surface area contributed by atoms with Gasteiger partial charge in [-0.05, 0) is 30.4 Å². The van der Waals surface area contributed by atoms with E-state index in [1.54, 1.807) is 0 Å². The van der Waals surface area contributed by atoms with Crippen molar-refractivity contribution >= 4 is 11.8 Å². The summed E-state index contributed by atoms with van der Waals surface area (Å²) in [5.41, 5.74) is 1.26. The van der Waals surface area contributed by atoms with Crippen LogP contribution in [-0.4, -0.2) is 27.8 Å². The highest BCUT2D eigenvalue weighted by Gasteiger charge is 1.96. The molecule has 0 aliphatic heterocycles. The van der Waals surface area contributed by atoms with Gasteiger partial charge in [0, 0.05) is 25.4 Å². The molecule has 3 nitrogen and oxygen atoms in total. The van der Waals surface area contributed by atoms with E-state index in [1.807, 2.05) is 17.9 Å². The highest BCUT2D eigenvalue weighted by Crippen LogP contribution is 2.08. The van der Waals surface area contributed by atoms with E-state index in [4.69, 9.17) is 0 Å². The standard InChI is InChI=1S/C12H23N3S/c1-11(2)10-16-6-4-5-13-7-12-8-14-15(3)9-12/h8-9,11,13H,4-7,10H2,1-3H3.